The molecule has 106 valence electrons. The molecule has 2 heterocycles. The largest absolute Gasteiger partial charge is 0.289 e. The topological polar surface area (TPSA) is 67.2 Å². The van der Waals surface area contributed by atoms with Gasteiger partial charge in [-0.05, 0) is 18.6 Å². The Labute approximate surface area is 119 Å². The molecule has 1 amide bonds. The molecule has 7 heteroatoms. The first-order valence-electron chi connectivity index (χ1n) is 6.21. The van der Waals surface area contributed by atoms with Gasteiger partial charge in [-0.15, -0.1) is 11.3 Å². The lowest BCUT2D eigenvalue weighted by Crippen LogP contribution is -2.21. The fourth-order valence-corrected chi connectivity index (χ4v) is 3.89. The number of halogens is 1. The van der Waals surface area contributed by atoms with E-state index in [4.69, 9.17) is 5.21 Å². The highest BCUT2D eigenvalue weighted by Gasteiger charge is 2.58. The molecule has 2 aromatic heterocycles. The van der Waals surface area contributed by atoms with Gasteiger partial charge in [-0.2, -0.15) is 5.10 Å². The van der Waals surface area contributed by atoms with Crippen molar-refractivity contribution in [3.05, 3.63) is 39.6 Å². The standard InChI is InChI=1S/C13H14FN3O2S/c1-6-3-8(14)12(20-6)10-9(11(10)13(18)16-19)7-4-15-17(2)5-7/h3-5,9-11,19H,1-2H3,(H,16,18). The molecule has 0 aliphatic heterocycles. The quantitative estimate of drug-likeness (QED) is 0.671. The Morgan fingerprint density at radius 3 is 2.80 bits per heavy atom. The van der Waals surface area contributed by atoms with Crippen LogP contribution in [0, 0.1) is 18.7 Å². The molecule has 0 aromatic carbocycles. The number of aryl methyl sites for hydroxylation is 2. The first-order chi connectivity index (χ1) is 9.52. The van der Waals surface area contributed by atoms with Crippen molar-refractivity contribution in [1.29, 1.82) is 0 Å². The van der Waals surface area contributed by atoms with Crippen molar-refractivity contribution < 1.29 is 14.4 Å². The molecule has 3 rings (SSSR count). The molecule has 2 aromatic rings. The summed E-state index contributed by atoms with van der Waals surface area (Å²) in [7, 11) is 1.79. The number of amides is 1. The SMILES string of the molecule is Cc1cc(F)c(C2C(C(=O)NO)C2c2cnn(C)c2)s1. The fourth-order valence-electron chi connectivity index (χ4n) is 2.79. The minimum Gasteiger partial charge on any atom is -0.289 e. The Bertz CT molecular complexity index is 666. The van der Waals surface area contributed by atoms with E-state index in [9.17, 15) is 9.18 Å². The van der Waals surface area contributed by atoms with Crippen LogP contribution in [-0.2, 0) is 11.8 Å². The summed E-state index contributed by atoms with van der Waals surface area (Å²) in [5, 5.41) is 12.9. The zero-order valence-corrected chi connectivity index (χ0v) is 11.8. The molecule has 0 radical (unpaired) electrons. The highest BCUT2D eigenvalue weighted by molar-refractivity contribution is 7.12. The van der Waals surface area contributed by atoms with Gasteiger partial charge in [0.15, 0.2) is 0 Å². The minimum atomic E-state index is -0.477. The third-order valence-electron chi connectivity index (χ3n) is 3.68. The first kappa shape index (κ1) is 13.3. The molecule has 1 aliphatic rings. The molecule has 2 N–H and O–H groups in total. The number of carbonyl (C=O) groups excluding carboxylic acids is 1. The Morgan fingerprint density at radius 1 is 1.55 bits per heavy atom. The molecular weight excluding hydrogens is 281 g/mol. The third-order valence-corrected chi connectivity index (χ3v) is 4.81. The monoisotopic (exact) mass is 295 g/mol. The van der Waals surface area contributed by atoms with E-state index in [0.29, 0.717) is 4.88 Å². The van der Waals surface area contributed by atoms with E-state index in [1.54, 1.807) is 23.4 Å². The van der Waals surface area contributed by atoms with E-state index in [2.05, 4.69) is 5.10 Å². The van der Waals surface area contributed by atoms with E-state index in [0.717, 1.165) is 10.4 Å². The van der Waals surface area contributed by atoms with Crippen LogP contribution in [0.3, 0.4) is 0 Å². The highest BCUT2D eigenvalue weighted by atomic mass is 32.1. The van der Waals surface area contributed by atoms with E-state index in [1.165, 1.54) is 17.4 Å². The molecule has 20 heavy (non-hydrogen) atoms. The van der Waals surface area contributed by atoms with E-state index < -0.39 is 11.8 Å². The zero-order valence-electron chi connectivity index (χ0n) is 11.0. The number of carbonyl (C=O) groups is 1. The molecule has 0 bridgehead atoms. The van der Waals surface area contributed by atoms with Crippen LogP contribution in [0.15, 0.2) is 18.5 Å². The van der Waals surface area contributed by atoms with Crippen LogP contribution in [-0.4, -0.2) is 20.9 Å². The fraction of sp³-hybridized carbons (Fsp3) is 0.385. The van der Waals surface area contributed by atoms with Crippen LogP contribution in [0.4, 0.5) is 4.39 Å². The molecule has 5 nitrogen and oxygen atoms in total. The minimum absolute atomic E-state index is 0.136. The number of hydroxylamine groups is 1. The molecule has 0 saturated heterocycles. The maximum Gasteiger partial charge on any atom is 0.247 e. The summed E-state index contributed by atoms with van der Waals surface area (Å²) in [5.74, 6) is -1.57. The van der Waals surface area contributed by atoms with Gasteiger partial charge in [0.1, 0.15) is 5.82 Å². The number of nitrogens with one attached hydrogen (secondary N) is 1. The number of hydrogen-bond acceptors (Lipinski definition) is 4. The first-order valence-corrected chi connectivity index (χ1v) is 7.03. The summed E-state index contributed by atoms with van der Waals surface area (Å²) in [5.41, 5.74) is 2.56. The van der Waals surface area contributed by atoms with Gasteiger partial charge in [-0.25, -0.2) is 9.87 Å². The van der Waals surface area contributed by atoms with E-state index in [1.807, 2.05) is 13.1 Å². The molecule has 1 fully saturated rings. The smallest absolute Gasteiger partial charge is 0.247 e. The number of nitrogens with zero attached hydrogens (tertiary/aromatic N) is 2. The molecule has 1 aliphatic carbocycles. The van der Waals surface area contributed by atoms with Crippen molar-refractivity contribution >= 4 is 17.2 Å². The number of aromatic nitrogens is 2. The van der Waals surface area contributed by atoms with Gasteiger partial charge in [0.2, 0.25) is 5.91 Å². The predicted octanol–water partition coefficient (Wildman–Crippen LogP) is 1.93. The normalized spacial score (nSPS) is 24.7. The maximum absolute atomic E-state index is 13.9. The number of rotatable bonds is 3. The number of hydrogen-bond donors (Lipinski definition) is 2. The van der Waals surface area contributed by atoms with Crippen molar-refractivity contribution in [2.24, 2.45) is 13.0 Å². The number of thiophene rings is 1. The van der Waals surface area contributed by atoms with Crippen LogP contribution < -0.4 is 5.48 Å². The summed E-state index contributed by atoms with van der Waals surface area (Å²) >= 11 is 1.36. The zero-order chi connectivity index (χ0) is 14.4. The molecule has 3 unspecified atom stereocenters. The molecule has 1 saturated carbocycles. The van der Waals surface area contributed by atoms with Gasteiger partial charge in [-0.3, -0.25) is 14.7 Å². The summed E-state index contributed by atoms with van der Waals surface area (Å²) < 4.78 is 15.6. The predicted molar refractivity (Wildman–Crippen MR) is 71.1 cm³/mol. The van der Waals surface area contributed by atoms with Gasteiger partial charge >= 0.3 is 0 Å². The average Bonchev–Trinajstić information content (AvgIpc) is 2.84. The van der Waals surface area contributed by atoms with Crippen molar-refractivity contribution in [3.8, 4) is 0 Å². The van der Waals surface area contributed by atoms with Crippen LogP contribution in [0.1, 0.15) is 27.2 Å². The Morgan fingerprint density at radius 2 is 2.30 bits per heavy atom. The maximum atomic E-state index is 13.9. The second kappa shape index (κ2) is 4.68. The van der Waals surface area contributed by atoms with Crippen LogP contribution >= 0.6 is 11.3 Å². The van der Waals surface area contributed by atoms with Crippen molar-refractivity contribution in [2.45, 2.75) is 18.8 Å². The second-order valence-corrected chi connectivity index (χ2v) is 6.36. The highest BCUT2D eigenvalue weighted by Crippen LogP contribution is 2.62. The lowest BCUT2D eigenvalue weighted by atomic mass is 10.2. The van der Waals surface area contributed by atoms with Crippen molar-refractivity contribution in [2.75, 3.05) is 0 Å². The van der Waals surface area contributed by atoms with Crippen LogP contribution in [0.25, 0.3) is 0 Å². The van der Waals surface area contributed by atoms with Gasteiger partial charge in [0, 0.05) is 34.8 Å². The van der Waals surface area contributed by atoms with Crippen LogP contribution in [0.2, 0.25) is 0 Å². The lowest BCUT2D eigenvalue weighted by Gasteiger charge is -1.95. The average molecular weight is 295 g/mol. The Kier molecular flexibility index (Phi) is 3.10. The molecule has 0 spiro atoms. The summed E-state index contributed by atoms with van der Waals surface area (Å²) in [6.07, 6.45) is 3.50. The van der Waals surface area contributed by atoms with Gasteiger partial charge in [0.25, 0.3) is 0 Å². The van der Waals surface area contributed by atoms with Crippen LogP contribution in [0.5, 0.6) is 0 Å². The second-order valence-electron chi connectivity index (χ2n) is 5.07. The Balaban J connectivity index is 1.96. The van der Waals surface area contributed by atoms with Crippen molar-refractivity contribution in [3.63, 3.8) is 0 Å². The lowest BCUT2D eigenvalue weighted by molar-refractivity contribution is -0.130. The van der Waals surface area contributed by atoms with Gasteiger partial charge < -0.3 is 0 Å². The summed E-state index contributed by atoms with van der Waals surface area (Å²) in [4.78, 5) is 13.2. The van der Waals surface area contributed by atoms with Gasteiger partial charge in [0.05, 0.1) is 12.1 Å². The third kappa shape index (κ3) is 2.03. The summed E-state index contributed by atoms with van der Waals surface area (Å²) in [6.45, 7) is 1.83. The van der Waals surface area contributed by atoms with E-state index >= 15 is 0 Å². The summed E-state index contributed by atoms with van der Waals surface area (Å²) in [6, 6.07) is 1.48. The molecule has 3 atom stereocenters. The van der Waals surface area contributed by atoms with Gasteiger partial charge in [-0.1, -0.05) is 0 Å². The van der Waals surface area contributed by atoms with E-state index in [-0.39, 0.29) is 17.7 Å². The van der Waals surface area contributed by atoms with Crippen molar-refractivity contribution in [1.82, 2.24) is 15.3 Å². The Hall–Kier alpha value is -1.73. The molecular formula is C13H14FN3O2S.